The fraction of sp³-hybridized carbons (Fsp3) is 0.125. The van der Waals surface area contributed by atoms with Gasteiger partial charge in [-0.3, -0.25) is 0 Å². The van der Waals surface area contributed by atoms with Gasteiger partial charge in [0.15, 0.2) is 17.5 Å². The molecule has 0 aliphatic carbocycles. The first-order chi connectivity index (χ1) is 9.63. The Morgan fingerprint density at radius 1 is 0.900 bits per heavy atom. The van der Waals surface area contributed by atoms with Crippen LogP contribution in [0.25, 0.3) is 21.5 Å². The predicted molar refractivity (Wildman–Crippen MR) is 72.1 cm³/mol. The molecule has 0 saturated heterocycles. The Kier molecular flexibility index (Phi) is 3.10. The van der Waals surface area contributed by atoms with Gasteiger partial charge in [0.1, 0.15) is 0 Å². The number of fused-ring (bicyclic) bond motifs is 2. The molecule has 0 aliphatic heterocycles. The molecule has 3 rings (SSSR count). The topological polar surface area (TPSA) is 20.2 Å². The van der Waals surface area contributed by atoms with Gasteiger partial charge in [0.2, 0.25) is 0 Å². The molecule has 1 nitrogen and oxygen atoms in total. The molecule has 3 aromatic rings. The van der Waals surface area contributed by atoms with Crippen LogP contribution in [0.4, 0.5) is 13.2 Å². The van der Waals surface area contributed by atoms with Gasteiger partial charge in [-0.15, -0.1) is 0 Å². The molecule has 0 heterocycles. The predicted octanol–water partition coefficient (Wildman–Crippen LogP) is 3.95. The molecule has 1 N–H and O–H groups in total. The molecule has 4 heteroatoms. The molecule has 0 atom stereocenters. The van der Waals surface area contributed by atoms with E-state index in [0.29, 0.717) is 10.9 Å². The Morgan fingerprint density at radius 2 is 1.65 bits per heavy atom. The van der Waals surface area contributed by atoms with E-state index in [1.807, 2.05) is 12.1 Å². The summed E-state index contributed by atoms with van der Waals surface area (Å²) in [5.41, 5.74) is 0.497. The van der Waals surface area contributed by atoms with Crippen LogP contribution in [-0.4, -0.2) is 11.7 Å². The summed E-state index contributed by atoms with van der Waals surface area (Å²) in [7, 11) is 0. The molecule has 0 aliphatic rings. The van der Waals surface area contributed by atoms with E-state index in [1.54, 1.807) is 18.2 Å². The van der Waals surface area contributed by atoms with E-state index in [4.69, 9.17) is 5.11 Å². The Bertz CT molecular complexity index is 812. The lowest BCUT2D eigenvalue weighted by atomic mass is 9.94. The van der Waals surface area contributed by atoms with Crippen molar-refractivity contribution in [3.63, 3.8) is 0 Å². The van der Waals surface area contributed by atoms with Crippen LogP contribution >= 0.6 is 0 Å². The van der Waals surface area contributed by atoms with E-state index >= 15 is 0 Å². The number of benzene rings is 3. The molecule has 0 spiro atoms. The van der Waals surface area contributed by atoms with Gasteiger partial charge in [0.25, 0.3) is 0 Å². The Morgan fingerprint density at radius 3 is 2.40 bits per heavy atom. The number of aliphatic hydroxyl groups is 1. The summed E-state index contributed by atoms with van der Waals surface area (Å²) in [6.45, 7) is -0.193. The van der Waals surface area contributed by atoms with Crippen LogP contribution < -0.4 is 0 Å². The van der Waals surface area contributed by atoms with Crippen molar-refractivity contribution in [1.82, 2.24) is 0 Å². The van der Waals surface area contributed by atoms with Crippen molar-refractivity contribution in [3.8, 4) is 0 Å². The Labute approximate surface area is 113 Å². The summed E-state index contributed by atoms with van der Waals surface area (Å²) in [6.07, 6.45) is 0.180. The second-order valence-corrected chi connectivity index (χ2v) is 4.63. The lowest BCUT2D eigenvalue weighted by molar-refractivity contribution is 0.300. The number of hydrogen-bond donors (Lipinski definition) is 1. The molecule has 0 fully saturated rings. The highest BCUT2D eigenvalue weighted by molar-refractivity contribution is 6.02. The number of halogens is 3. The third-order valence-electron chi connectivity index (χ3n) is 3.45. The molecular formula is C16H11F3O. The summed E-state index contributed by atoms with van der Waals surface area (Å²) in [5.74, 6) is -3.89. The quantitative estimate of drug-likeness (QED) is 0.555. The molecule has 20 heavy (non-hydrogen) atoms. The highest BCUT2D eigenvalue weighted by atomic mass is 19.2. The van der Waals surface area contributed by atoms with Gasteiger partial charge in [-0.25, -0.2) is 13.2 Å². The molecule has 0 amide bonds. The van der Waals surface area contributed by atoms with E-state index < -0.39 is 17.5 Å². The van der Waals surface area contributed by atoms with E-state index in [2.05, 4.69) is 0 Å². The Hall–Kier alpha value is -2.07. The van der Waals surface area contributed by atoms with Gasteiger partial charge in [-0.1, -0.05) is 24.3 Å². The minimum absolute atomic E-state index is 0.0386. The van der Waals surface area contributed by atoms with Crippen molar-refractivity contribution in [1.29, 1.82) is 0 Å². The molecular weight excluding hydrogens is 265 g/mol. The van der Waals surface area contributed by atoms with Gasteiger partial charge in [0.05, 0.1) is 0 Å². The molecule has 0 unspecified atom stereocenters. The maximum Gasteiger partial charge on any atom is 0.195 e. The smallest absolute Gasteiger partial charge is 0.195 e. The van der Waals surface area contributed by atoms with Crippen LogP contribution in [0.15, 0.2) is 36.4 Å². The van der Waals surface area contributed by atoms with Crippen molar-refractivity contribution in [3.05, 3.63) is 59.4 Å². The molecule has 3 aromatic carbocycles. The first-order valence-electron chi connectivity index (χ1n) is 6.22. The van der Waals surface area contributed by atoms with Crippen LogP contribution in [-0.2, 0) is 6.42 Å². The van der Waals surface area contributed by atoms with Crippen molar-refractivity contribution in [2.75, 3.05) is 6.61 Å². The summed E-state index contributed by atoms with van der Waals surface area (Å²) >= 11 is 0. The van der Waals surface area contributed by atoms with Gasteiger partial charge in [0, 0.05) is 12.0 Å². The first kappa shape index (κ1) is 12.9. The largest absolute Gasteiger partial charge is 0.396 e. The first-order valence-corrected chi connectivity index (χ1v) is 6.22. The highest BCUT2D eigenvalue weighted by Gasteiger charge is 2.18. The number of hydrogen-bond acceptors (Lipinski definition) is 1. The second-order valence-electron chi connectivity index (χ2n) is 4.63. The third-order valence-corrected chi connectivity index (χ3v) is 3.45. The van der Waals surface area contributed by atoms with Gasteiger partial charge in [-0.05, 0) is 40.3 Å². The summed E-state index contributed by atoms with van der Waals surface area (Å²) in [5, 5.41) is 11.0. The summed E-state index contributed by atoms with van der Waals surface area (Å²) < 4.78 is 40.9. The maximum absolute atomic E-state index is 14.1. The zero-order chi connectivity index (χ0) is 14.3. The van der Waals surface area contributed by atoms with Crippen molar-refractivity contribution >= 4 is 21.5 Å². The highest BCUT2D eigenvalue weighted by Crippen LogP contribution is 2.32. The molecule has 0 aromatic heterocycles. The average Bonchev–Trinajstić information content (AvgIpc) is 2.45. The summed E-state index contributed by atoms with van der Waals surface area (Å²) in [4.78, 5) is 0. The Balaban J connectivity index is 2.54. The maximum atomic E-state index is 14.1. The molecule has 0 bridgehead atoms. The molecule has 0 radical (unpaired) electrons. The van der Waals surface area contributed by atoms with Crippen molar-refractivity contribution in [2.24, 2.45) is 0 Å². The fourth-order valence-corrected chi connectivity index (χ4v) is 2.61. The van der Waals surface area contributed by atoms with Gasteiger partial charge < -0.3 is 5.11 Å². The zero-order valence-electron chi connectivity index (χ0n) is 10.5. The van der Waals surface area contributed by atoms with Gasteiger partial charge >= 0.3 is 0 Å². The van der Waals surface area contributed by atoms with Crippen LogP contribution in [0.2, 0.25) is 0 Å². The lowest BCUT2D eigenvalue weighted by Crippen LogP contribution is -2.00. The normalized spacial score (nSPS) is 11.4. The minimum atomic E-state index is -1.48. The van der Waals surface area contributed by atoms with E-state index in [0.717, 1.165) is 16.8 Å². The van der Waals surface area contributed by atoms with E-state index in [9.17, 15) is 13.2 Å². The van der Waals surface area contributed by atoms with Crippen LogP contribution in [0, 0.1) is 17.5 Å². The van der Waals surface area contributed by atoms with Crippen LogP contribution in [0.5, 0.6) is 0 Å². The van der Waals surface area contributed by atoms with Crippen LogP contribution in [0.1, 0.15) is 5.56 Å². The lowest BCUT2D eigenvalue weighted by Gasteiger charge is -2.12. The van der Waals surface area contributed by atoms with E-state index in [1.165, 1.54) is 0 Å². The monoisotopic (exact) mass is 276 g/mol. The summed E-state index contributed by atoms with van der Waals surface area (Å²) in [6, 6.07) is 9.80. The van der Waals surface area contributed by atoms with Gasteiger partial charge in [-0.2, -0.15) is 0 Å². The number of rotatable bonds is 2. The molecule has 0 saturated carbocycles. The van der Waals surface area contributed by atoms with Crippen LogP contribution in [0.3, 0.4) is 0 Å². The second kappa shape index (κ2) is 4.80. The third kappa shape index (κ3) is 1.84. The number of aliphatic hydroxyl groups excluding tert-OH is 1. The van der Waals surface area contributed by atoms with E-state index in [-0.39, 0.29) is 18.4 Å². The van der Waals surface area contributed by atoms with Crippen molar-refractivity contribution in [2.45, 2.75) is 6.42 Å². The SMILES string of the molecule is OCCc1c2ccccc2cc2cc(F)c(F)c(F)c12. The molecule has 102 valence electrons. The minimum Gasteiger partial charge on any atom is -0.396 e. The van der Waals surface area contributed by atoms with Crippen molar-refractivity contribution < 1.29 is 18.3 Å². The standard InChI is InChI=1S/C16H11F3O/c17-13-8-10-7-9-3-1-2-4-11(9)12(5-6-20)14(10)16(19)15(13)18/h1-4,7-8,20H,5-6H2. The zero-order valence-corrected chi connectivity index (χ0v) is 10.5. The fourth-order valence-electron chi connectivity index (χ4n) is 2.61. The average molecular weight is 276 g/mol.